The third-order valence-corrected chi connectivity index (χ3v) is 7.32. The topological polar surface area (TPSA) is 51.2 Å². The molecule has 1 fully saturated rings. The third-order valence-electron chi connectivity index (χ3n) is 7.32. The monoisotopic (exact) mass is 488 g/mol. The van der Waals surface area contributed by atoms with E-state index in [2.05, 4.69) is 48.2 Å². The van der Waals surface area contributed by atoms with E-state index in [4.69, 9.17) is 18.3 Å². The molecule has 2 aliphatic heterocycles. The molecule has 2 aromatic carbocycles. The van der Waals surface area contributed by atoms with Crippen molar-refractivity contribution in [1.82, 2.24) is 9.80 Å². The van der Waals surface area contributed by atoms with E-state index in [1.807, 2.05) is 30.3 Å². The average molecular weight is 489 g/mol. The fourth-order valence-corrected chi connectivity index (χ4v) is 4.94. The first-order chi connectivity index (χ1) is 17.5. The molecule has 0 saturated carbocycles. The normalized spacial score (nSPS) is 17.6. The van der Waals surface area contributed by atoms with Gasteiger partial charge < -0.3 is 28.1 Å². The highest BCUT2D eigenvalue weighted by molar-refractivity contribution is 5.83. The molecule has 1 saturated heterocycles. The average Bonchev–Trinajstić information content (AvgIpc) is 3.53. The standard InChI is InChI=1S/C15H19NO2.C15H17NO2/c2*1-16-7-5-11(6-8-16)14-9-12-3-4-13(17-2)10-15(12)18-14/h3-4,9-11H,5-8H2,1-2H3;3-5,9-10H,6-8H2,1-2H3. The summed E-state index contributed by atoms with van der Waals surface area (Å²) in [6.45, 7) is 4.40. The summed E-state index contributed by atoms with van der Waals surface area (Å²) >= 11 is 0. The SMILES string of the molecule is COc1ccc2cc(C3=CCN(C)CC3)oc2c1.COc1ccc2cc(C3CCN(C)CC3)oc2c1. The lowest BCUT2D eigenvalue weighted by molar-refractivity contribution is 0.242. The summed E-state index contributed by atoms with van der Waals surface area (Å²) in [6.07, 6.45) is 5.67. The summed E-state index contributed by atoms with van der Waals surface area (Å²) in [7, 11) is 7.67. The molecule has 0 radical (unpaired) electrons. The van der Waals surface area contributed by atoms with Crippen LogP contribution in [0.3, 0.4) is 0 Å². The van der Waals surface area contributed by atoms with Gasteiger partial charge in [0.15, 0.2) is 0 Å². The second kappa shape index (κ2) is 10.8. The van der Waals surface area contributed by atoms with Crippen molar-refractivity contribution in [2.45, 2.75) is 25.2 Å². The fourth-order valence-electron chi connectivity index (χ4n) is 4.94. The Kier molecular flexibility index (Phi) is 7.35. The van der Waals surface area contributed by atoms with Gasteiger partial charge in [-0.3, -0.25) is 0 Å². The molecule has 0 unspecified atom stereocenters. The van der Waals surface area contributed by atoms with Crippen LogP contribution in [0, 0.1) is 0 Å². The largest absolute Gasteiger partial charge is 0.497 e. The van der Waals surface area contributed by atoms with Crippen LogP contribution < -0.4 is 9.47 Å². The smallest absolute Gasteiger partial charge is 0.138 e. The Labute approximate surface area is 213 Å². The molecular weight excluding hydrogens is 452 g/mol. The molecule has 6 heteroatoms. The third kappa shape index (κ3) is 5.45. The number of ether oxygens (including phenoxy) is 2. The Morgan fingerprint density at radius 1 is 0.750 bits per heavy atom. The molecule has 36 heavy (non-hydrogen) atoms. The van der Waals surface area contributed by atoms with Gasteiger partial charge in [-0.2, -0.15) is 0 Å². The van der Waals surface area contributed by atoms with E-state index in [9.17, 15) is 0 Å². The quantitative estimate of drug-likeness (QED) is 0.331. The van der Waals surface area contributed by atoms with Gasteiger partial charge >= 0.3 is 0 Å². The van der Waals surface area contributed by atoms with Crippen LogP contribution in [-0.2, 0) is 0 Å². The minimum atomic E-state index is 0.569. The van der Waals surface area contributed by atoms with Crippen molar-refractivity contribution in [3.8, 4) is 11.5 Å². The van der Waals surface area contributed by atoms with Crippen LogP contribution >= 0.6 is 0 Å². The number of benzene rings is 2. The van der Waals surface area contributed by atoms with E-state index in [0.29, 0.717) is 5.92 Å². The summed E-state index contributed by atoms with van der Waals surface area (Å²) in [6, 6.07) is 16.3. The molecule has 0 spiro atoms. The summed E-state index contributed by atoms with van der Waals surface area (Å²) in [5, 5.41) is 2.30. The van der Waals surface area contributed by atoms with E-state index in [1.54, 1.807) is 14.2 Å². The summed E-state index contributed by atoms with van der Waals surface area (Å²) in [4.78, 5) is 4.68. The van der Waals surface area contributed by atoms with Crippen molar-refractivity contribution in [1.29, 1.82) is 0 Å². The number of methoxy groups -OCH3 is 2. The summed E-state index contributed by atoms with van der Waals surface area (Å²) in [5.74, 6) is 4.38. The molecule has 2 aliphatic rings. The number of likely N-dealkylation sites (tertiary alicyclic amines) is 1. The van der Waals surface area contributed by atoms with E-state index in [1.165, 1.54) is 23.8 Å². The number of nitrogens with zero attached hydrogens (tertiary/aromatic N) is 2. The van der Waals surface area contributed by atoms with Crippen LogP contribution in [-0.4, -0.2) is 64.3 Å². The second-order valence-corrected chi connectivity index (χ2v) is 9.89. The number of hydrogen-bond acceptors (Lipinski definition) is 6. The molecule has 2 aromatic heterocycles. The molecule has 0 aliphatic carbocycles. The zero-order chi connectivity index (χ0) is 25.1. The molecule has 4 heterocycles. The number of likely N-dealkylation sites (N-methyl/N-ethyl adjacent to an activating group) is 1. The van der Waals surface area contributed by atoms with Crippen LogP contribution in [0.25, 0.3) is 27.5 Å². The highest BCUT2D eigenvalue weighted by Crippen LogP contribution is 2.33. The van der Waals surface area contributed by atoms with Gasteiger partial charge in [-0.25, -0.2) is 0 Å². The number of piperidine rings is 1. The molecule has 6 nitrogen and oxygen atoms in total. The van der Waals surface area contributed by atoms with Crippen molar-refractivity contribution in [2.75, 3.05) is 54.5 Å². The van der Waals surface area contributed by atoms with Gasteiger partial charge in [-0.1, -0.05) is 6.08 Å². The molecule has 0 atom stereocenters. The molecule has 4 aromatic rings. The van der Waals surface area contributed by atoms with Gasteiger partial charge in [0.2, 0.25) is 0 Å². The summed E-state index contributed by atoms with van der Waals surface area (Å²) in [5.41, 5.74) is 3.13. The first kappa shape index (κ1) is 24.5. The lowest BCUT2D eigenvalue weighted by Crippen LogP contribution is -2.29. The van der Waals surface area contributed by atoms with Crippen LogP contribution in [0.2, 0.25) is 0 Å². The van der Waals surface area contributed by atoms with Gasteiger partial charge in [0.1, 0.15) is 34.2 Å². The number of rotatable bonds is 4. The first-order valence-corrected chi connectivity index (χ1v) is 12.7. The highest BCUT2D eigenvalue weighted by Gasteiger charge is 2.21. The molecule has 0 bridgehead atoms. The molecule has 6 rings (SSSR count). The second-order valence-electron chi connectivity index (χ2n) is 9.89. The maximum atomic E-state index is 5.99. The Hall–Kier alpha value is -3.22. The maximum absolute atomic E-state index is 5.99. The Morgan fingerprint density at radius 2 is 1.39 bits per heavy atom. The Bertz CT molecular complexity index is 1340. The molecule has 0 amide bonds. The van der Waals surface area contributed by atoms with Gasteiger partial charge in [0.05, 0.1) is 14.2 Å². The fraction of sp³-hybridized carbons (Fsp3) is 0.400. The van der Waals surface area contributed by atoms with Crippen molar-refractivity contribution < 1.29 is 18.3 Å². The lowest BCUT2D eigenvalue weighted by Gasteiger charge is -2.27. The minimum Gasteiger partial charge on any atom is -0.497 e. The zero-order valence-electron chi connectivity index (χ0n) is 21.8. The first-order valence-electron chi connectivity index (χ1n) is 12.7. The van der Waals surface area contributed by atoms with Crippen molar-refractivity contribution >= 4 is 27.5 Å². The van der Waals surface area contributed by atoms with Crippen LogP contribution in [0.5, 0.6) is 11.5 Å². The van der Waals surface area contributed by atoms with Crippen LogP contribution in [0.4, 0.5) is 0 Å². The van der Waals surface area contributed by atoms with E-state index in [-0.39, 0.29) is 0 Å². The van der Waals surface area contributed by atoms with E-state index >= 15 is 0 Å². The highest BCUT2D eigenvalue weighted by atomic mass is 16.5. The van der Waals surface area contributed by atoms with Gasteiger partial charge in [-0.15, -0.1) is 0 Å². The lowest BCUT2D eigenvalue weighted by atomic mass is 9.94. The van der Waals surface area contributed by atoms with Gasteiger partial charge in [0, 0.05) is 41.9 Å². The van der Waals surface area contributed by atoms with Crippen molar-refractivity contribution in [3.05, 3.63) is 66.1 Å². The predicted octanol–water partition coefficient (Wildman–Crippen LogP) is 6.41. The molecule has 190 valence electrons. The maximum Gasteiger partial charge on any atom is 0.138 e. The van der Waals surface area contributed by atoms with Gasteiger partial charge in [0.25, 0.3) is 0 Å². The Morgan fingerprint density at radius 3 is 2.00 bits per heavy atom. The predicted molar refractivity (Wildman–Crippen MR) is 145 cm³/mol. The molecular formula is C30H36N2O4. The summed E-state index contributed by atoms with van der Waals surface area (Å²) < 4.78 is 22.3. The number of hydrogen-bond donors (Lipinski definition) is 0. The van der Waals surface area contributed by atoms with Crippen LogP contribution in [0.1, 0.15) is 36.7 Å². The minimum absolute atomic E-state index is 0.569. The Balaban J connectivity index is 0.000000148. The number of fused-ring (bicyclic) bond motifs is 2. The number of furan rings is 2. The van der Waals surface area contributed by atoms with E-state index in [0.717, 1.165) is 72.2 Å². The van der Waals surface area contributed by atoms with Gasteiger partial charge in [-0.05, 0) is 88.4 Å². The van der Waals surface area contributed by atoms with Crippen LogP contribution in [0.15, 0.2) is 63.4 Å². The van der Waals surface area contributed by atoms with Crippen molar-refractivity contribution in [3.63, 3.8) is 0 Å². The zero-order valence-corrected chi connectivity index (χ0v) is 21.8. The molecule has 0 N–H and O–H groups in total. The van der Waals surface area contributed by atoms with Crippen molar-refractivity contribution in [2.24, 2.45) is 0 Å². The van der Waals surface area contributed by atoms with E-state index < -0.39 is 0 Å².